The number of amides is 4. The normalized spacial score (nSPS) is 18.2. The van der Waals surface area contributed by atoms with E-state index in [1.165, 1.54) is 7.11 Å². The van der Waals surface area contributed by atoms with Gasteiger partial charge in [-0.2, -0.15) is 0 Å². The van der Waals surface area contributed by atoms with Gasteiger partial charge in [0.15, 0.2) is 17.1 Å². The Morgan fingerprint density at radius 1 is 0.913 bits per heavy atom. The molecule has 3 atom stereocenters. The van der Waals surface area contributed by atoms with Crippen LogP contribution < -0.4 is 26.0 Å². The van der Waals surface area contributed by atoms with Crippen LogP contribution in [-0.2, 0) is 25.7 Å². The Labute approximate surface area is 268 Å². The molecule has 4 N–H and O–H groups in total. The van der Waals surface area contributed by atoms with Gasteiger partial charge in [0.2, 0.25) is 17.6 Å². The standard InChI is InChI=1S/C35H42N4O7/c1-45-28-16-8-14-24-20-29(46-31(24)28)34(43)39-27(18-22-10-4-2-5-11-22)33(42)38-26(19-25-15-9-17-36-32(25)41)30(40)35(44)37-21-23-12-6-3-7-13-23/h3,6-8,12-14,16,20,22,25-27H,2,4-5,9-11,15,17-19,21H2,1H3,(H,36,41)(H,37,44)(H,38,42)(H,39,43)/t25-,26-,27?/m0/s1. The van der Waals surface area contributed by atoms with Crippen molar-refractivity contribution in [2.75, 3.05) is 13.7 Å². The minimum Gasteiger partial charge on any atom is -0.493 e. The van der Waals surface area contributed by atoms with E-state index < -0.39 is 41.5 Å². The maximum atomic E-state index is 13.9. The highest BCUT2D eigenvalue weighted by molar-refractivity contribution is 6.38. The molecule has 1 aliphatic carbocycles. The molecule has 1 saturated heterocycles. The maximum absolute atomic E-state index is 13.9. The van der Waals surface area contributed by atoms with E-state index in [2.05, 4.69) is 21.3 Å². The van der Waals surface area contributed by atoms with Gasteiger partial charge in [-0.05, 0) is 49.3 Å². The molecule has 1 aliphatic heterocycles. The molecule has 2 aliphatic rings. The Kier molecular flexibility index (Phi) is 11.1. The van der Waals surface area contributed by atoms with Gasteiger partial charge in [-0.3, -0.25) is 24.0 Å². The number of hydrogen-bond acceptors (Lipinski definition) is 7. The topological polar surface area (TPSA) is 156 Å². The van der Waals surface area contributed by atoms with Crippen LogP contribution in [0.25, 0.3) is 11.0 Å². The molecule has 1 unspecified atom stereocenters. The third kappa shape index (κ3) is 8.32. The van der Waals surface area contributed by atoms with Crippen LogP contribution in [0.5, 0.6) is 5.75 Å². The third-order valence-electron chi connectivity index (χ3n) is 8.94. The molecule has 5 rings (SSSR count). The highest BCUT2D eigenvalue weighted by atomic mass is 16.5. The SMILES string of the molecule is COc1cccc2cc(C(=O)NC(CC3CCCCC3)C(=O)N[C@@H](C[C@@H]3CCCNC3=O)C(=O)C(=O)NCc3ccccc3)oc12. The van der Waals surface area contributed by atoms with Crippen molar-refractivity contribution in [1.29, 1.82) is 0 Å². The molecule has 244 valence electrons. The summed E-state index contributed by atoms with van der Waals surface area (Å²) in [6, 6.07) is 13.8. The number of methoxy groups -OCH3 is 1. The first-order valence-corrected chi connectivity index (χ1v) is 16.1. The summed E-state index contributed by atoms with van der Waals surface area (Å²) >= 11 is 0. The smallest absolute Gasteiger partial charge is 0.289 e. The summed E-state index contributed by atoms with van der Waals surface area (Å²) in [5.74, 6) is -2.91. The van der Waals surface area contributed by atoms with Crippen LogP contribution in [0.1, 0.15) is 73.9 Å². The number of ether oxygens (including phenoxy) is 1. The van der Waals surface area contributed by atoms with E-state index in [1.54, 1.807) is 24.3 Å². The van der Waals surface area contributed by atoms with Crippen molar-refractivity contribution >= 4 is 40.4 Å². The highest BCUT2D eigenvalue weighted by Gasteiger charge is 2.36. The minimum absolute atomic E-state index is 0.0211. The van der Waals surface area contributed by atoms with Crippen molar-refractivity contribution in [2.24, 2.45) is 11.8 Å². The van der Waals surface area contributed by atoms with Gasteiger partial charge in [-0.25, -0.2) is 0 Å². The number of Topliss-reactive ketones (excluding diaryl/α,β-unsaturated/α-hetero) is 1. The van der Waals surface area contributed by atoms with E-state index in [0.29, 0.717) is 36.1 Å². The van der Waals surface area contributed by atoms with Gasteiger partial charge < -0.3 is 30.4 Å². The van der Waals surface area contributed by atoms with Gasteiger partial charge in [0.25, 0.3) is 11.8 Å². The van der Waals surface area contributed by atoms with Gasteiger partial charge >= 0.3 is 0 Å². The van der Waals surface area contributed by atoms with Crippen molar-refractivity contribution in [1.82, 2.24) is 21.3 Å². The Bertz CT molecular complexity index is 1550. The molecule has 4 amide bonds. The fraction of sp³-hybridized carbons (Fsp3) is 0.457. The molecule has 2 aromatic carbocycles. The predicted octanol–water partition coefficient (Wildman–Crippen LogP) is 3.80. The number of furan rings is 1. The van der Waals surface area contributed by atoms with Gasteiger partial charge in [0.1, 0.15) is 6.04 Å². The first-order chi connectivity index (χ1) is 22.3. The molecule has 3 aromatic rings. The maximum Gasteiger partial charge on any atom is 0.289 e. The monoisotopic (exact) mass is 630 g/mol. The first kappa shape index (κ1) is 32.7. The number of ketones is 1. The Balaban J connectivity index is 1.34. The van der Waals surface area contributed by atoms with Gasteiger partial charge in [-0.15, -0.1) is 0 Å². The van der Waals surface area contributed by atoms with Crippen LogP contribution >= 0.6 is 0 Å². The van der Waals surface area contributed by atoms with Crippen molar-refractivity contribution in [2.45, 2.75) is 76.4 Å². The Morgan fingerprint density at radius 3 is 2.43 bits per heavy atom. The largest absolute Gasteiger partial charge is 0.493 e. The quantitative estimate of drug-likeness (QED) is 0.209. The van der Waals surface area contributed by atoms with Crippen LogP contribution in [0.15, 0.2) is 59.0 Å². The lowest BCUT2D eigenvalue weighted by Gasteiger charge is -2.29. The number of fused-ring (bicyclic) bond motifs is 1. The molecular weight excluding hydrogens is 588 g/mol. The number of rotatable bonds is 13. The number of carbonyl (C=O) groups is 5. The second-order valence-corrected chi connectivity index (χ2v) is 12.2. The molecule has 2 fully saturated rings. The van der Waals surface area contributed by atoms with Crippen LogP contribution in [-0.4, -0.2) is 55.2 Å². The molecule has 0 spiro atoms. The zero-order chi connectivity index (χ0) is 32.5. The van der Waals surface area contributed by atoms with E-state index >= 15 is 0 Å². The average Bonchev–Trinajstić information content (AvgIpc) is 3.53. The van der Waals surface area contributed by atoms with E-state index in [0.717, 1.165) is 44.1 Å². The molecule has 11 heteroatoms. The van der Waals surface area contributed by atoms with Crippen LogP contribution in [0, 0.1) is 11.8 Å². The van der Waals surface area contributed by atoms with Crippen molar-refractivity contribution in [3.8, 4) is 5.75 Å². The van der Waals surface area contributed by atoms with Crippen molar-refractivity contribution in [3.63, 3.8) is 0 Å². The molecule has 2 heterocycles. The summed E-state index contributed by atoms with van der Waals surface area (Å²) in [6.45, 7) is 0.680. The first-order valence-electron chi connectivity index (χ1n) is 16.1. The second-order valence-electron chi connectivity index (χ2n) is 12.2. The number of hydrogen-bond donors (Lipinski definition) is 4. The minimum atomic E-state index is -1.25. The van der Waals surface area contributed by atoms with Crippen LogP contribution in [0.3, 0.4) is 0 Å². The van der Waals surface area contributed by atoms with Gasteiger partial charge in [0.05, 0.1) is 13.2 Å². The summed E-state index contributed by atoms with van der Waals surface area (Å²) < 4.78 is 11.2. The predicted molar refractivity (Wildman–Crippen MR) is 171 cm³/mol. The summed E-state index contributed by atoms with van der Waals surface area (Å²) in [6.07, 6.45) is 6.66. The van der Waals surface area contributed by atoms with E-state index in [9.17, 15) is 24.0 Å². The Morgan fingerprint density at radius 2 is 1.70 bits per heavy atom. The lowest BCUT2D eigenvalue weighted by molar-refractivity contribution is -0.141. The number of carbonyl (C=O) groups excluding carboxylic acids is 5. The summed E-state index contributed by atoms with van der Waals surface area (Å²) in [7, 11) is 1.51. The van der Waals surface area contributed by atoms with Crippen LogP contribution in [0.4, 0.5) is 0 Å². The molecule has 46 heavy (non-hydrogen) atoms. The molecule has 11 nitrogen and oxygen atoms in total. The van der Waals surface area contributed by atoms with Crippen molar-refractivity contribution < 1.29 is 33.1 Å². The van der Waals surface area contributed by atoms with Gasteiger partial charge in [-0.1, -0.05) is 74.6 Å². The zero-order valence-corrected chi connectivity index (χ0v) is 26.1. The highest BCUT2D eigenvalue weighted by Crippen LogP contribution is 2.30. The fourth-order valence-electron chi connectivity index (χ4n) is 6.40. The zero-order valence-electron chi connectivity index (χ0n) is 26.1. The molecule has 1 aromatic heterocycles. The van der Waals surface area contributed by atoms with Gasteiger partial charge in [0, 0.05) is 24.4 Å². The van der Waals surface area contributed by atoms with Crippen molar-refractivity contribution in [3.05, 3.63) is 65.9 Å². The fourth-order valence-corrected chi connectivity index (χ4v) is 6.40. The summed E-state index contributed by atoms with van der Waals surface area (Å²) in [4.78, 5) is 66.6. The van der Waals surface area contributed by atoms with E-state index in [-0.39, 0.29) is 30.6 Å². The molecular formula is C35H42N4O7. The lowest BCUT2D eigenvalue weighted by Crippen LogP contribution is -2.55. The molecule has 1 saturated carbocycles. The Hall–Kier alpha value is -4.67. The van der Waals surface area contributed by atoms with E-state index in [4.69, 9.17) is 9.15 Å². The number of benzene rings is 2. The average molecular weight is 631 g/mol. The molecule has 0 bridgehead atoms. The summed E-state index contributed by atoms with van der Waals surface area (Å²) in [5.41, 5.74) is 1.23. The number of piperidine rings is 1. The number of nitrogens with one attached hydrogen (secondary N) is 4. The van der Waals surface area contributed by atoms with Crippen LogP contribution in [0.2, 0.25) is 0 Å². The van der Waals surface area contributed by atoms with E-state index in [1.807, 2.05) is 30.3 Å². The summed E-state index contributed by atoms with van der Waals surface area (Å²) in [5, 5.41) is 11.7. The third-order valence-corrected chi connectivity index (χ3v) is 8.94. The lowest BCUT2D eigenvalue weighted by atomic mass is 9.84. The number of para-hydroxylation sites is 1. The second kappa shape index (κ2) is 15.6. The molecule has 0 radical (unpaired) electrons.